The summed E-state index contributed by atoms with van der Waals surface area (Å²) in [6.45, 7) is 8.09. The molecule has 0 spiro atoms. The maximum absolute atomic E-state index is 3.87. The molecule has 0 bridgehead atoms. The van der Waals surface area contributed by atoms with E-state index < -0.39 is 0 Å². The number of rotatable bonds is 3. The number of hydrogen-bond acceptors (Lipinski definition) is 1. The van der Waals surface area contributed by atoms with Gasteiger partial charge in [-0.3, -0.25) is 0 Å². The highest BCUT2D eigenvalue weighted by molar-refractivity contribution is 9.10. The fourth-order valence-electron chi connectivity index (χ4n) is 2.85. The summed E-state index contributed by atoms with van der Waals surface area (Å²) in [5.74, 6) is 0. The van der Waals surface area contributed by atoms with Crippen molar-refractivity contribution in [1.82, 2.24) is 0 Å². The molecule has 0 unspecified atom stereocenters. The van der Waals surface area contributed by atoms with Crippen molar-refractivity contribution in [3.63, 3.8) is 0 Å². The van der Waals surface area contributed by atoms with E-state index >= 15 is 0 Å². The van der Waals surface area contributed by atoms with E-state index in [1.54, 1.807) is 0 Å². The van der Waals surface area contributed by atoms with E-state index in [-0.39, 0.29) is 0 Å². The van der Waals surface area contributed by atoms with Crippen molar-refractivity contribution in [3.8, 4) is 0 Å². The van der Waals surface area contributed by atoms with Gasteiger partial charge in [0, 0.05) is 24.6 Å². The highest BCUT2D eigenvalue weighted by Crippen LogP contribution is 2.41. The molecule has 0 fully saturated rings. The summed E-state index contributed by atoms with van der Waals surface area (Å²) < 4.78 is 3.77. The Hall–Kier alpha value is -1.64. The molecular formula is C20H17BrS. The Balaban J connectivity index is 2.49. The third-order valence-corrected chi connectivity index (χ3v) is 5.37. The highest BCUT2D eigenvalue weighted by atomic mass is 79.9. The number of thiophene rings is 1. The van der Waals surface area contributed by atoms with E-state index in [4.69, 9.17) is 0 Å². The van der Waals surface area contributed by atoms with Gasteiger partial charge in [0.2, 0.25) is 0 Å². The van der Waals surface area contributed by atoms with Crippen LogP contribution in [0.25, 0.3) is 25.7 Å². The molecule has 0 radical (unpaired) electrons. The zero-order valence-corrected chi connectivity index (χ0v) is 15.1. The number of allylic oxidation sites excluding steroid dienone is 5. The first-order valence-electron chi connectivity index (χ1n) is 7.23. The first kappa shape index (κ1) is 15.3. The lowest BCUT2D eigenvalue weighted by Crippen LogP contribution is -1.88. The summed E-state index contributed by atoms with van der Waals surface area (Å²) >= 11 is 5.45. The van der Waals surface area contributed by atoms with Crippen molar-refractivity contribution in [2.24, 2.45) is 0 Å². The summed E-state index contributed by atoms with van der Waals surface area (Å²) in [4.78, 5) is 0. The number of fused-ring (bicyclic) bond motifs is 3. The number of benzene rings is 2. The van der Waals surface area contributed by atoms with E-state index in [0.717, 1.165) is 4.47 Å². The molecule has 0 aliphatic rings. The van der Waals surface area contributed by atoms with Gasteiger partial charge in [0.25, 0.3) is 0 Å². The molecule has 0 saturated carbocycles. The second-order valence-electron chi connectivity index (χ2n) is 5.23. The summed E-state index contributed by atoms with van der Waals surface area (Å²) in [5, 5.41) is 2.65. The monoisotopic (exact) mass is 368 g/mol. The second kappa shape index (κ2) is 6.23. The predicted octanol–water partition coefficient (Wildman–Crippen LogP) is 7.27. The molecule has 0 nitrogen and oxygen atoms in total. The third-order valence-electron chi connectivity index (χ3n) is 3.74. The SMILES string of the molecule is C=C/C=C(\C=C/C)c1c(C)ccc2sc3ccc(Br)cc3c12. The lowest BCUT2D eigenvalue weighted by Gasteiger charge is -2.10. The first-order valence-corrected chi connectivity index (χ1v) is 8.84. The Morgan fingerprint density at radius 2 is 1.95 bits per heavy atom. The topological polar surface area (TPSA) is 0 Å². The quantitative estimate of drug-likeness (QED) is 0.426. The maximum atomic E-state index is 3.87. The van der Waals surface area contributed by atoms with Crippen molar-refractivity contribution in [2.75, 3.05) is 0 Å². The molecule has 0 N–H and O–H groups in total. The van der Waals surface area contributed by atoms with Crippen LogP contribution in [0.5, 0.6) is 0 Å². The van der Waals surface area contributed by atoms with Crippen LogP contribution >= 0.6 is 27.3 Å². The molecule has 0 aliphatic carbocycles. The van der Waals surface area contributed by atoms with Gasteiger partial charge in [-0.25, -0.2) is 0 Å². The van der Waals surface area contributed by atoms with E-state index in [1.165, 1.54) is 36.9 Å². The number of hydrogen-bond donors (Lipinski definition) is 0. The zero-order chi connectivity index (χ0) is 15.7. The Bertz CT molecular complexity index is 926. The molecule has 22 heavy (non-hydrogen) atoms. The van der Waals surface area contributed by atoms with Crippen LogP contribution in [0.4, 0.5) is 0 Å². The van der Waals surface area contributed by atoms with Gasteiger partial charge in [0.1, 0.15) is 0 Å². The second-order valence-corrected chi connectivity index (χ2v) is 7.23. The van der Waals surface area contributed by atoms with Crippen molar-refractivity contribution in [3.05, 3.63) is 76.8 Å². The third kappa shape index (κ3) is 2.57. The molecule has 0 atom stereocenters. The maximum Gasteiger partial charge on any atom is 0.0361 e. The van der Waals surface area contributed by atoms with Gasteiger partial charge in [-0.2, -0.15) is 0 Å². The lowest BCUT2D eigenvalue weighted by molar-refractivity contribution is 1.47. The minimum Gasteiger partial charge on any atom is -0.135 e. The highest BCUT2D eigenvalue weighted by Gasteiger charge is 2.13. The molecule has 1 heterocycles. The predicted molar refractivity (Wildman–Crippen MR) is 105 cm³/mol. The molecule has 0 saturated heterocycles. The summed E-state index contributed by atoms with van der Waals surface area (Å²) in [7, 11) is 0. The van der Waals surface area contributed by atoms with Crippen molar-refractivity contribution in [2.45, 2.75) is 13.8 Å². The molecule has 1 aromatic heterocycles. The van der Waals surface area contributed by atoms with E-state index in [1.807, 2.05) is 17.4 Å². The van der Waals surface area contributed by atoms with E-state index in [0.29, 0.717) is 0 Å². The molecule has 0 amide bonds. The Morgan fingerprint density at radius 3 is 2.68 bits per heavy atom. The molecule has 2 aromatic carbocycles. The molecular weight excluding hydrogens is 352 g/mol. The minimum absolute atomic E-state index is 1.12. The minimum atomic E-state index is 1.12. The van der Waals surface area contributed by atoms with Crippen LogP contribution in [0, 0.1) is 6.92 Å². The van der Waals surface area contributed by atoms with Crippen molar-refractivity contribution in [1.29, 1.82) is 0 Å². The Labute approximate surface area is 143 Å². The van der Waals surface area contributed by atoms with Gasteiger partial charge in [0.05, 0.1) is 0 Å². The largest absolute Gasteiger partial charge is 0.135 e. The average Bonchev–Trinajstić information content (AvgIpc) is 2.85. The Morgan fingerprint density at radius 1 is 1.18 bits per heavy atom. The molecule has 2 heteroatoms. The first-order chi connectivity index (χ1) is 10.7. The average molecular weight is 369 g/mol. The van der Waals surface area contributed by atoms with Gasteiger partial charge >= 0.3 is 0 Å². The standard InChI is InChI=1S/C20H17BrS/c1-4-6-14(7-5-2)19-13(3)8-10-18-20(19)16-12-15(21)9-11-17(16)22-18/h4-12H,1H2,2-3H3/b7-5-,14-6+. The van der Waals surface area contributed by atoms with E-state index in [9.17, 15) is 0 Å². The summed E-state index contributed by atoms with van der Waals surface area (Å²) in [5.41, 5.74) is 3.80. The van der Waals surface area contributed by atoms with Crippen LogP contribution in [0.1, 0.15) is 18.1 Å². The van der Waals surface area contributed by atoms with Gasteiger partial charge in [-0.05, 0) is 54.8 Å². The fourth-order valence-corrected chi connectivity index (χ4v) is 4.30. The van der Waals surface area contributed by atoms with Crippen molar-refractivity contribution >= 4 is 53.0 Å². The molecule has 3 rings (SSSR count). The van der Waals surface area contributed by atoms with E-state index in [2.05, 4.69) is 84.9 Å². The zero-order valence-electron chi connectivity index (χ0n) is 12.7. The van der Waals surface area contributed by atoms with Gasteiger partial charge in [-0.1, -0.05) is 52.9 Å². The van der Waals surface area contributed by atoms with Crippen LogP contribution in [-0.4, -0.2) is 0 Å². The van der Waals surface area contributed by atoms with Crippen LogP contribution < -0.4 is 0 Å². The van der Waals surface area contributed by atoms with Gasteiger partial charge < -0.3 is 0 Å². The van der Waals surface area contributed by atoms with Crippen LogP contribution in [0.2, 0.25) is 0 Å². The number of aryl methyl sites for hydroxylation is 1. The molecule has 3 aromatic rings. The van der Waals surface area contributed by atoms with Crippen LogP contribution in [0.3, 0.4) is 0 Å². The van der Waals surface area contributed by atoms with Gasteiger partial charge in [0.15, 0.2) is 0 Å². The Kier molecular flexibility index (Phi) is 4.32. The summed E-state index contributed by atoms with van der Waals surface area (Å²) in [6, 6.07) is 11.0. The van der Waals surface area contributed by atoms with Crippen LogP contribution in [-0.2, 0) is 0 Å². The summed E-state index contributed by atoms with van der Waals surface area (Å²) in [6.07, 6.45) is 8.18. The molecule has 0 aliphatic heterocycles. The number of halogens is 1. The normalized spacial score (nSPS) is 12.6. The fraction of sp³-hybridized carbons (Fsp3) is 0.100. The van der Waals surface area contributed by atoms with Crippen LogP contribution in [0.15, 0.2) is 65.7 Å². The van der Waals surface area contributed by atoms with Crippen molar-refractivity contribution < 1.29 is 0 Å². The smallest absolute Gasteiger partial charge is 0.0361 e. The lowest BCUT2D eigenvalue weighted by atomic mass is 9.94. The molecule has 110 valence electrons. The van der Waals surface area contributed by atoms with Gasteiger partial charge in [-0.15, -0.1) is 11.3 Å².